The first-order valence-electron chi connectivity index (χ1n) is 12.8. The fourth-order valence-electron chi connectivity index (χ4n) is 7.34. The second-order valence-electron chi connectivity index (χ2n) is 10.3. The summed E-state index contributed by atoms with van der Waals surface area (Å²) >= 11 is 0. The van der Waals surface area contributed by atoms with E-state index in [2.05, 4.69) is 48.9 Å². The second kappa shape index (κ2) is 9.00. The van der Waals surface area contributed by atoms with Gasteiger partial charge in [0.25, 0.3) is 0 Å². The Bertz CT molecular complexity index is 940. The maximum absolute atomic E-state index is 7.00. The molecule has 1 aromatic carbocycles. The molecule has 0 spiro atoms. The van der Waals surface area contributed by atoms with Crippen LogP contribution in [0.15, 0.2) is 18.2 Å². The van der Waals surface area contributed by atoms with Crippen LogP contribution in [0.3, 0.4) is 0 Å². The number of H-pyrrole nitrogens is 1. The summed E-state index contributed by atoms with van der Waals surface area (Å²) in [7, 11) is 1.00. The van der Waals surface area contributed by atoms with E-state index in [9.17, 15) is 0 Å². The number of piperidine rings is 2. The van der Waals surface area contributed by atoms with Crippen molar-refractivity contribution in [3.05, 3.63) is 29.5 Å². The number of benzene rings is 1. The van der Waals surface area contributed by atoms with E-state index in [1.54, 1.807) is 5.56 Å². The Morgan fingerprint density at radius 2 is 2.03 bits per heavy atom. The van der Waals surface area contributed by atoms with Gasteiger partial charge in [0.15, 0.2) is 6.29 Å². The van der Waals surface area contributed by atoms with E-state index < -0.39 is 0 Å². The number of nitrogens with one attached hydrogen (secondary N) is 1. The first-order chi connectivity index (χ1) is 15.7. The number of aliphatic hydroxyl groups excluding tert-OH is 1. The number of aromatic nitrogens is 1. The molecule has 32 heavy (non-hydrogen) atoms. The van der Waals surface area contributed by atoms with Gasteiger partial charge in [-0.2, -0.15) is 0 Å². The summed E-state index contributed by atoms with van der Waals surface area (Å²) < 4.78 is 12.3. The SMILES string of the molecule is CCC1CCC(Oc2ccc3[nH]c4c(c3c2)CCN2CC3CC4C2C(CC)C3C)O1.CO. The third-order valence-electron chi connectivity index (χ3n) is 8.91. The molecule has 5 nitrogen and oxygen atoms in total. The quantitative estimate of drug-likeness (QED) is 0.696. The van der Waals surface area contributed by atoms with Crippen LogP contribution >= 0.6 is 0 Å². The summed E-state index contributed by atoms with van der Waals surface area (Å²) in [6.07, 6.45) is 7.28. The van der Waals surface area contributed by atoms with Crippen molar-refractivity contribution < 1.29 is 14.6 Å². The molecule has 4 bridgehead atoms. The van der Waals surface area contributed by atoms with Crippen molar-refractivity contribution >= 4 is 10.9 Å². The Balaban J connectivity index is 0.00000105. The summed E-state index contributed by atoms with van der Waals surface area (Å²) in [5.41, 5.74) is 4.37. The molecule has 176 valence electrons. The van der Waals surface area contributed by atoms with E-state index in [0.29, 0.717) is 12.0 Å². The zero-order chi connectivity index (χ0) is 22.4. The van der Waals surface area contributed by atoms with Gasteiger partial charge < -0.3 is 19.6 Å². The van der Waals surface area contributed by atoms with Crippen molar-refractivity contribution in [2.24, 2.45) is 17.8 Å². The maximum atomic E-state index is 7.00. The fourth-order valence-corrected chi connectivity index (χ4v) is 7.34. The van der Waals surface area contributed by atoms with Gasteiger partial charge in [-0.3, -0.25) is 4.90 Å². The molecule has 2 aromatic rings. The van der Waals surface area contributed by atoms with Gasteiger partial charge >= 0.3 is 0 Å². The van der Waals surface area contributed by atoms with Crippen LogP contribution in [0.1, 0.15) is 70.1 Å². The van der Waals surface area contributed by atoms with Crippen LogP contribution in [0.5, 0.6) is 5.75 Å². The predicted molar refractivity (Wildman–Crippen MR) is 128 cm³/mol. The van der Waals surface area contributed by atoms with Gasteiger partial charge in [0.1, 0.15) is 5.75 Å². The van der Waals surface area contributed by atoms with Crippen molar-refractivity contribution in [1.82, 2.24) is 9.88 Å². The maximum Gasteiger partial charge on any atom is 0.200 e. The molecule has 1 aromatic heterocycles. The highest BCUT2D eigenvalue weighted by Gasteiger charge is 2.51. The number of hydrogen-bond acceptors (Lipinski definition) is 4. The smallest absolute Gasteiger partial charge is 0.200 e. The zero-order valence-corrected chi connectivity index (χ0v) is 20.1. The van der Waals surface area contributed by atoms with Crippen molar-refractivity contribution in [1.29, 1.82) is 0 Å². The summed E-state index contributed by atoms with van der Waals surface area (Å²) in [5, 5.41) is 8.37. The molecule has 1 aliphatic carbocycles. The van der Waals surface area contributed by atoms with E-state index in [1.807, 2.05) is 0 Å². The molecule has 4 fully saturated rings. The monoisotopic (exact) mass is 440 g/mol. The Morgan fingerprint density at radius 3 is 2.78 bits per heavy atom. The average Bonchev–Trinajstić information content (AvgIpc) is 3.41. The molecule has 7 rings (SSSR count). The van der Waals surface area contributed by atoms with Crippen LogP contribution in [0.25, 0.3) is 10.9 Å². The molecule has 4 aliphatic heterocycles. The number of fused-ring (bicyclic) bond motifs is 4. The average molecular weight is 441 g/mol. The number of nitrogens with zero attached hydrogens (tertiary/aromatic N) is 1. The molecular formula is C27H40N2O3. The number of hydrogen-bond donors (Lipinski definition) is 2. The molecule has 1 saturated carbocycles. The van der Waals surface area contributed by atoms with Gasteiger partial charge in [0.2, 0.25) is 0 Å². The van der Waals surface area contributed by atoms with Gasteiger partial charge in [-0.15, -0.1) is 0 Å². The summed E-state index contributed by atoms with van der Waals surface area (Å²) in [5.74, 6) is 4.19. The van der Waals surface area contributed by atoms with Crippen molar-refractivity contribution in [3.8, 4) is 5.75 Å². The molecule has 5 heteroatoms. The highest BCUT2D eigenvalue weighted by Crippen LogP contribution is 2.53. The van der Waals surface area contributed by atoms with Crippen LogP contribution in [0.2, 0.25) is 0 Å². The molecule has 0 amide bonds. The first kappa shape index (κ1) is 22.2. The minimum atomic E-state index is -0.0854. The summed E-state index contributed by atoms with van der Waals surface area (Å²) in [6.45, 7) is 9.62. The van der Waals surface area contributed by atoms with E-state index in [1.165, 1.54) is 42.5 Å². The Labute approximate surface area is 192 Å². The lowest BCUT2D eigenvalue weighted by molar-refractivity contribution is -0.0731. The number of ether oxygens (including phenoxy) is 2. The van der Waals surface area contributed by atoms with E-state index in [4.69, 9.17) is 14.6 Å². The minimum Gasteiger partial charge on any atom is -0.465 e. The van der Waals surface area contributed by atoms with Gasteiger partial charge in [-0.25, -0.2) is 0 Å². The van der Waals surface area contributed by atoms with Gasteiger partial charge in [-0.1, -0.05) is 27.2 Å². The van der Waals surface area contributed by atoms with Crippen LogP contribution in [-0.2, 0) is 11.2 Å². The van der Waals surface area contributed by atoms with Crippen LogP contribution < -0.4 is 4.74 Å². The van der Waals surface area contributed by atoms with Crippen LogP contribution in [0, 0.1) is 17.8 Å². The van der Waals surface area contributed by atoms with Crippen molar-refractivity contribution in [2.75, 3.05) is 20.2 Å². The van der Waals surface area contributed by atoms with E-state index >= 15 is 0 Å². The topological polar surface area (TPSA) is 57.7 Å². The Hall–Kier alpha value is -1.56. The van der Waals surface area contributed by atoms with Crippen LogP contribution in [0.4, 0.5) is 0 Å². The molecule has 5 heterocycles. The Kier molecular flexibility index (Phi) is 6.26. The second-order valence-corrected chi connectivity index (χ2v) is 10.3. The summed E-state index contributed by atoms with van der Waals surface area (Å²) in [6, 6.07) is 7.34. The van der Waals surface area contributed by atoms with Gasteiger partial charge in [0.05, 0.1) is 6.10 Å². The standard InChI is InChI=1S/C26H36N2O2.CH4O/c1-4-17-7-9-24(29-17)30-18-6-8-23-21(13-18)20-10-11-28-14-16-12-22(25(20)27-23)26(28)19(5-2)15(16)3;1-2/h6,8,13,15-17,19,22,24,26-27H,4-5,7,9-12,14H2,1-3H3;2H,1H3. The molecule has 8 atom stereocenters. The lowest BCUT2D eigenvalue weighted by Gasteiger charge is -2.56. The number of aliphatic hydroxyl groups is 1. The molecule has 8 unspecified atom stereocenters. The fraction of sp³-hybridized carbons (Fsp3) is 0.704. The third-order valence-corrected chi connectivity index (χ3v) is 8.91. The van der Waals surface area contributed by atoms with Gasteiger partial charge in [0, 0.05) is 55.2 Å². The lowest BCUT2D eigenvalue weighted by atomic mass is 9.60. The first-order valence-corrected chi connectivity index (χ1v) is 12.8. The van der Waals surface area contributed by atoms with Crippen molar-refractivity contribution in [3.63, 3.8) is 0 Å². The largest absolute Gasteiger partial charge is 0.465 e. The minimum absolute atomic E-state index is 0.0854. The normalized spacial score (nSPS) is 37.5. The third kappa shape index (κ3) is 3.57. The van der Waals surface area contributed by atoms with E-state index in [0.717, 1.165) is 62.3 Å². The highest BCUT2D eigenvalue weighted by atomic mass is 16.7. The predicted octanol–water partition coefficient (Wildman–Crippen LogP) is 5.08. The molecular weight excluding hydrogens is 400 g/mol. The number of aromatic amines is 1. The van der Waals surface area contributed by atoms with Crippen LogP contribution in [-0.4, -0.2) is 53.6 Å². The highest BCUT2D eigenvalue weighted by molar-refractivity contribution is 5.86. The lowest BCUT2D eigenvalue weighted by Crippen LogP contribution is -2.59. The zero-order valence-electron chi connectivity index (χ0n) is 20.1. The molecule has 2 N–H and O–H groups in total. The summed E-state index contributed by atoms with van der Waals surface area (Å²) in [4.78, 5) is 6.72. The molecule has 5 aliphatic rings. The van der Waals surface area contributed by atoms with E-state index in [-0.39, 0.29) is 6.29 Å². The van der Waals surface area contributed by atoms with Crippen molar-refractivity contribution in [2.45, 2.75) is 83.6 Å². The van der Waals surface area contributed by atoms with Gasteiger partial charge in [-0.05, 0) is 67.2 Å². The Morgan fingerprint density at radius 1 is 1.19 bits per heavy atom. The molecule has 3 saturated heterocycles. The molecule has 0 radical (unpaired) electrons. The number of rotatable bonds is 4.